The molecule has 0 rings (SSSR count). The second-order valence-corrected chi connectivity index (χ2v) is 4.54. The first-order valence-corrected chi connectivity index (χ1v) is 6.32. The van der Waals surface area contributed by atoms with Crippen molar-refractivity contribution in [3.05, 3.63) is 0 Å². The Labute approximate surface area is 92.4 Å². The summed E-state index contributed by atoms with van der Waals surface area (Å²) in [7, 11) is 1.74. The molecule has 84 valence electrons. The van der Waals surface area contributed by atoms with Crippen LogP contribution >= 0.6 is 11.8 Å². The van der Waals surface area contributed by atoms with Gasteiger partial charge in [0.05, 0.1) is 31.9 Å². The van der Waals surface area contributed by atoms with Crippen LogP contribution < -0.4 is 5.73 Å². The van der Waals surface area contributed by atoms with Gasteiger partial charge in [-0.25, -0.2) is 0 Å². The topological polar surface area (TPSA) is 38.4 Å². The lowest BCUT2D eigenvalue weighted by atomic mass is 10.3. The van der Waals surface area contributed by atoms with E-state index in [-0.39, 0.29) is 0 Å². The van der Waals surface area contributed by atoms with E-state index in [1.54, 1.807) is 18.8 Å². The third-order valence-corrected chi connectivity index (χ3v) is 3.91. The minimum atomic E-state index is 0.700. The van der Waals surface area contributed by atoms with Crippen molar-refractivity contribution in [2.45, 2.75) is 20.8 Å². The minimum absolute atomic E-state index is 0.700. The Hall–Kier alpha value is -0.220. The number of thioether (sulfide) groups is 1. The van der Waals surface area contributed by atoms with Gasteiger partial charge in [-0.2, -0.15) is 0 Å². The van der Waals surface area contributed by atoms with Gasteiger partial charge in [0.15, 0.2) is 5.17 Å². The molecule has 4 heteroatoms. The van der Waals surface area contributed by atoms with Gasteiger partial charge in [0.25, 0.3) is 0 Å². The van der Waals surface area contributed by atoms with Crippen LogP contribution in [0.5, 0.6) is 0 Å². The van der Waals surface area contributed by atoms with E-state index in [4.69, 9.17) is 5.73 Å². The van der Waals surface area contributed by atoms with E-state index in [1.165, 1.54) is 30.7 Å². The molecule has 0 heterocycles. The lowest BCUT2D eigenvalue weighted by Gasteiger charge is -2.35. The van der Waals surface area contributed by atoms with Crippen LogP contribution in [0.1, 0.15) is 20.8 Å². The Morgan fingerprint density at radius 1 is 1.21 bits per heavy atom. The van der Waals surface area contributed by atoms with Crippen molar-refractivity contribution in [2.75, 3.05) is 39.0 Å². The predicted molar refractivity (Wildman–Crippen MR) is 66.8 cm³/mol. The molecule has 14 heavy (non-hydrogen) atoms. The molecule has 0 aliphatic rings. The van der Waals surface area contributed by atoms with E-state index in [9.17, 15) is 0 Å². The highest BCUT2D eigenvalue weighted by Gasteiger charge is 2.19. The van der Waals surface area contributed by atoms with Crippen molar-refractivity contribution in [3.8, 4) is 0 Å². The molecule has 0 saturated heterocycles. The van der Waals surface area contributed by atoms with Crippen molar-refractivity contribution in [3.63, 3.8) is 0 Å². The zero-order valence-corrected chi connectivity index (χ0v) is 10.7. The molecule has 0 radical (unpaired) electrons. The third-order valence-electron chi connectivity index (χ3n) is 3.05. The molecule has 0 aromatic rings. The summed E-state index contributed by atoms with van der Waals surface area (Å²) in [4.78, 5) is 3.94. The van der Waals surface area contributed by atoms with Crippen molar-refractivity contribution >= 4 is 16.9 Å². The van der Waals surface area contributed by atoms with Gasteiger partial charge in [-0.15, -0.1) is 0 Å². The van der Waals surface area contributed by atoms with Crippen molar-refractivity contribution in [2.24, 2.45) is 10.7 Å². The zero-order valence-electron chi connectivity index (χ0n) is 9.92. The van der Waals surface area contributed by atoms with E-state index in [2.05, 4.69) is 25.8 Å². The first-order chi connectivity index (χ1) is 6.64. The molecule has 2 N–H and O–H groups in total. The van der Waals surface area contributed by atoms with Crippen LogP contribution in [-0.2, 0) is 0 Å². The molecule has 0 aliphatic carbocycles. The Morgan fingerprint density at radius 2 is 1.71 bits per heavy atom. The SMILES string of the molecule is CC[N+](CC)(CC)CCSC(N)=NC. The largest absolute Gasteiger partial charge is 0.379 e. The average molecular weight is 218 g/mol. The highest BCUT2D eigenvalue weighted by molar-refractivity contribution is 8.13. The predicted octanol–water partition coefficient (Wildman–Crippen LogP) is 1.54. The molecule has 0 fully saturated rings. The molecular formula is C10H24N3S+. The molecule has 0 aromatic carbocycles. The maximum Gasteiger partial charge on any atom is 0.153 e. The molecule has 0 aliphatic heterocycles. The van der Waals surface area contributed by atoms with E-state index < -0.39 is 0 Å². The number of rotatable bonds is 6. The van der Waals surface area contributed by atoms with Gasteiger partial charge in [0, 0.05) is 7.05 Å². The maximum atomic E-state index is 5.63. The standard InChI is InChI=1S/C10H24N3S/c1-5-13(6-2,7-3)8-9-14-10(11)12-4/h5-9H2,1-4H3,(H2,11,12)/q+1. The fourth-order valence-electron chi connectivity index (χ4n) is 1.55. The van der Waals surface area contributed by atoms with Gasteiger partial charge >= 0.3 is 0 Å². The maximum absolute atomic E-state index is 5.63. The molecule has 0 bridgehead atoms. The van der Waals surface area contributed by atoms with E-state index in [1.807, 2.05) is 0 Å². The van der Waals surface area contributed by atoms with Gasteiger partial charge in [0.2, 0.25) is 0 Å². The number of hydrogen-bond donors (Lipinski definition) is 1. The van der Waals surface area contributed by atoms with Crippen LogP contribution in [-0.4, -0.2) is 48.6 Å². The summed E-state index contributed by atoms with van der Waals surface area (Å²) in [6.45, 7) is 11.6. The van der Waals surface area contributed by atoms with Gasteiger partial charge < -0.3 is 10.2 Å². The number of aliphatic imine (C=N–C) groups is 1. The summed E-state index contributed by atoms with van der Waals surface area (Å²) in [5.74, 6) is 1.07. The first-order valence-electron chi connectivity index (χ1n) is 5.34. The van der Waals surface area contributed by atoms with Crippen LogP contribution in [0, 0.1) is 0 Å². The molecule has 0 amide bonds. The molecule has 0 atom stereocenters. The highest BCUT2D eigenvalue weighted by Crippen LogP contribution is 2.09. The van der Waals surface area contributed by atoms with Crippen LogP contribution in [0.2, 0.25) is 0 Å². The van der Waals surface area contributed by atoms with Crippen LogP contribution in [0.15, 0.2) is 4.99 Å². The number of nitrogens with zero attached hydrogens (tertiary/aromatic N) is 2. The van der Waals surface area contributed by atoms with Crippen LogP contribution in [0.25, 0.3) is 0 Å². The first kappa shape index (κ1) is 13.8. The summed E-state index contributed by atoms with van der Waals surface area (Å²) in [6.07, 6.45) is 0. The summed E-state index contributed by atoms with van der Waals surface area (Å²) in [5.41, 5.74) is 5.63. The van der Waals surface area contributed by atoms with Crippen LogP contribution in [0.3, 0.4) is 0 Å². The summed E-state index contributed by atoms with van der Waals surface area (Å²) >= 11 is 1.66. The average Bonchev–Trinajstić information content (AvgIpc) is 2.25. The van der Waals surface area contributed by atoms with Crippen molar-refractivity contribution in [1.82, 2.24) is 0 Å². The highest BCUT2D eigenvalue weighted by atomic mass is 32.2. The Kier molecular flexibility index (Phi) is 7.01. The Balaban J connectivity index is 3.94. The molecule has 0 aromatic heterocycles. The monoisotopic (exact) mass is 218 g/mol. The number of amidine groups is 1. The van der Waals surface area contributed by atoms with Gasteiger partial charge in [-0.3, -0.25) is 4.99 Å². The smallest absolute Gasteiger partial charge is 0.153 e. The number of nitrogens with two attached hydrogens (primary N) is 1. The van der Waals surface area contributed by atoms with E-state index in [0.29, 0.717) is 5.17 Å². The summed E-state index contributed by atoms with van der Waals surface area (Å²) < 4.78 is 1.18. The number of quaternary nitrogens is 1. The van der Waals surface area contributed by atoms with E-state index >= 15 is 0 Å². The van der Waals surface area contributed by atoms with Crippen molar-refractivity contribution in [1.29, 1.82) is 0 Å². The minimum Gasteiger partial charge on any atom is -0.379 e. The molecule has 0 saturated carbocycles. The molecule has 3 nitrogen and oxygen atoms in total. The second kappa shape index (κ2) is 7.12. The fraction of sp³-hybridized carbons (Fsp3) is 0.900. The van der Waals surface area contributed by atoms with E-state index in [0.717, 1.165) is 5.75 Å². The quantitative estimate of drug-likeness (QED) is 0.417. The zero-order chi connectivity index (χ0) is 11.0. The lowest BCUT2D eigenvalue weighted by Crippen LogP contribution is -2.49. The normalized spacial score (nSPS) is 13.3. The van der Waals surface area contributed by atoms with Gasteiger partial charge in [-0.05, 0) is 20.8 Å². The van der Waals surface area contributed by atoms with Crippen molar-refractivity contribution < 1.29 is 4.48 Å². The van der Waals surface area contributed by atoms with Gasteiger partial charge in [-0.1, -0.05) is 11.8 Å². The summed E-state index contributed by atoms with van der Waals surface area (Å²) in [5, 5.41) is 0.700. The second-order valence-electron chi connectivity index (χ2n) is 3.42. The van der Waals surface area contributed by atoms with Crippen LogP contribution in [0.4, 0.5) is 0 Å². The third kappa shape index (κ3) is 4.33. The molecular weight excluding hydrogens is 194 g/mol. The molecule has 0 spiro atoms. The molecule has 0 unspecified atom stereocenters. The number of hydrogen-bond acceptors (Lipinski definition) is 2. The Morgan fingerprint density at radius 3 is 2.07 bits per heavy atom. The Bertz CT molecular complexity index is 168. The lowest BCUT2D eigenvalue weighted by molar-refractivity contribution is -0.920. The summed E-state index contributed by atoms with van der Waals surface area (Å²) in [6, 6.07) is 0. The van der Waals surface area contributed by atoms with Gasteiger partial charge in [0.1, 0.15) is 0 Å². The fourth-order valence-corrected chi connectivity index (χ4v) is 2.37.